The number of hydrogen-bond acceptors (Lipinski definition) is 3. The lowest BCUT2D eigenvalue weighted by Crippen LogP contribution is -2.29. The molecule has 1 atom stereocenters. The largest absolute Gasteiger partial charge is 0.313 e. The summed E-state index contributed by atoms with van der Waals surface area (Å²) in [7, 11) is -3.03. The molecule has 0 aromatic heterocycles. The zero-order chi connectivity index (χ0) is 10.7. The van der Waals surface area contributed by atoms with E-state index < -0.39 is 15.5 Å². The molecule has 3 nitrogen and oxygen atoms in total. The van der Waals surface area contributed by atoms with Gasteiger partial charge in [0.2, 0.25) is 0 Å². The Morgan fingerprint density at radius 2 is 2.14 bits per heavy atom. The van der Waals surface area contributed by atoms with Gasteiger partial charge in [0.05, 0.1) is 5.75 Å². The van der Waals surface area contributed by atoms with Crippen molar-refractivity contribution in [1.82, 2.24) is 5.32 Å². The lowest BCUT2D eigenvalue weighted by Gasteiger charge is -2.17. The zero-order valence-corrected chi connectivity index (χ0v) is 9.37. The molecule has 14 heavy (non-hydrogen) atoms. The highest BCUT2D eigenvalue weighted by atomic mass is 32.2. The van der Waals surface area contributed by atoms with E-state index in [0.29, 0.717) is 25.9 Å². The van der Waals surface area contributed by atoms with E-state index in [1.54, 1.807) is 0 Å². The second-order valence-corrected chi connectivity index (χ2v) is 6.28. The fourth-order valence-corrected chi connectivity index (χ4v) is 3.18. The molecule has 1 aliphatic heterocycles. The van der Waals surface area contributed by atoms with Gasteiger partial charge in [-0.2, -0.15) is 0 Å². The third-order valence-corrected chi connectivity index (χ3v) is 4.42. The van der Waals surface area contributed by atoms with E-state index in [0.717, 1.165) is 0 Å². The highest BCUT2D eigenvalue weighted by molar-refractivity contribution is 7.91. The fourth-order valence-electron chi connectivity index (χ4n) is 1.68. The molecule has 1 rings (SSSR count). The van der Waals surface area contributed by atoms with Crippen molar-refractivity contribution in [3.05, 3.63) is 0 Å². The number of halogens is 1. The van der Waals surface area contributed by atoms with E-state index in [1.165, 1.54) is 0 Å². The highest BCUT2D eigenvalue weighted by Gasteiger charge is 2.34. The van der Waals surface area contributed by atoms with Crippen LogP contribution in [0.15, 0.2) is 0 Å². The minimum atomic E-state index is -3.03. The fraction of sp³-hybridized carbons (Fsp3) is 1.00. The summed E-state index contributed by atoms with van der Waals surface area (Å²) in [4.78, 5) is 0. The highest BCUT2D eigenvalue weighted by Crippen LogP contribution is 2.24. The molecule has 5 heteroatoms. The molecule has 0 amide bonds. The van der Waals surface area contributed by atoms with Gasteiger partial charge in [0.15, 0.2) is 0 Å². The Hall–Kier alpha value is -0.160. The number of nitrogens with one attached hydrogen (secondary N) is 1. The van der Waals surface area contributed by atoms with Gasteiger partial charge in [-0.3, -0.25) is 0 Å². The summed E-state index contributed by atoms with van der Waals surface area (Å²) in [6.45, 7) is 2.78. The molecule has 84 valence electrons. The maximum Gasteiger partial charge on any atom is 0.150 e. The van der Waals surface area contributed by atoms with Crippen LogP contribution in [0.2, 0.25) is 0 Å². The molecule has 1 unspecified atom stereocenters. The van der Waals surface area contributed by atoms with Crippen molar-refractivity contribution in [2.24, 2.45) is 0 Å². The summed E-state index contributed by atoms with van der Waals surface area (Å²) in [5.74, 6) is 0.162. The Morgan fingerprint density at radius 3 is 2.64 bits per heavy atom. The first-order valence-corrected chi connectivity index (χ1v) is 6.90. The topological polar surface area (TPSA) is 46.2 Å². The number of alkyl halides is 1. The van der Waals surface area contributed by atoms with Gasteiger partial charge in [-0.25, -0.2) is 12.8 Å². The van der Waals surface area contributed by atoms with Gasteiger partial charge in [0.25, 0.3) is 0 Å². The molecule has 0 aromatic rings. The Morgan fingerprint density at radius 1 is 1.43 bits per heavy atom. The molecule has 0 radical (unpaired) electrons. The molecule has 0 aromatic carbocycles. The van der Waals surface area contributed by atoms with Crippen molar-refractivity contribution in [1.29, 1.82) is 0 Å². The van der Waals surface area contributed by atoms with Crippen molar-refractivity contribution in [2.45, 2.75) is 31.9 Å². The van der Waals surface area contributed by atoms with Crippen molar-refractivity contribution < 1.29 is 12.8 Å². The number of hydrogen-bond donors (Lipinski definition) is 1. The van der Waals surface area contributed by atoms with Crippen LogP contribution in [0.25, 0.3) is 0 Å². The van der Waals surface area contributed by atoms with Crippen LogP contribution in [-0.2, 0) is 9.84 Å². The first-order chi connectivity index (χ1) is 6.47. The van der Waals surface area contributed by atoms with Crippen molar-refractivity contribution in [3.8, 4) is 0 Å². The Bertz CT molecular complexity index is 271. The normalized spacial score (nSPS) is 28.1. The van der Waals surface area contributed by atoms with E-state index in [4.69, 9.17) is 0 Å². The van der Waals surface area contributed by atoms with Gasteiger partial charge in [0, 0.05) is 12.3 Å². The molecule has 1 heterocycles. The van der Waals surface area contributed by atoms with Crippen LogP contribution >= 0.6 is 0 Å². The Labute approximate surface area is 85.0 Å². The molecule has 1 N–H and O–H groups in total. The summed E-state index contributed by atoms with van der Waals surface area (Å²) in [6, 6.07) is 0. The smallest absolute Gasteiger partial charge is 0.150 e. The second-order valence-electron chi connectivity index (χ2n) is 3.98. The van der Waals surface area contributed by atoms with Crippen LogP contribution < -0.4 is 5.32 Å². The van der Waals surface area contributed by atoms with Gasteiger partial charge in [-0.1, -0.05) is 6.92 Å². The molecular formula is C9H18FNO2S. The first-order valence-electron chi connectivity index (χ1n) is 5.07. The summed E-state index contributed by atoms with van der Waals surface area (Å²) in [5, 5.41) is 2.91. The van der Waals surface area contributed by atoms with Crippen molar-refractivity contribution >= 4 is 9.84 Å². The van der Waals surface area contributed by atoms with Crippen molar-refractivity contribution in [2.75, 3.05) is 24.6 Å². The monoisotopic (exact) mass is 223 g/mol. The maximum absolute atomic E-state index is 13.8. The van der Waals surface area contributed by atoms with Crippen molar-refractivity contribution in [3.63, 3.8) is 0 Å². The molecule has 0 saturated carbocycles. The predicted octanol–water partition coefficient (Wildman–Crippen LogP) is 0.903. The molecule has 1 saturated heterocycles. The molecule has 1 fully saturated rings. The molecular weight excluding hydrogens is 205 g/mol. The lowest BCUT2D eigenvalue weighted by atomic mass is 10.0. The van der Waals surface area contributed by atoms with Crippen LogP contribution in [-0.4, -0.2) is 38.7 Å². The van der Waals surface area contributed by atoms with Gasteiger partial charge >= 0.3 is 0 Å². The van der Waals surface area contributed by atoms with Gasteiger partial charge in [-0.15, -0.1) is 0 Å². The molecule has 0 spiro atoms. The van der Waals surface area contributed by atoms with Crippen LogP contribution in [0.3, 0.4) is 0 Å². The number of rotatable bonds is 5. The van der Waals surface area contributed by atoms with Gasteiger partial charge in [-0.05, 0) is 25.8 Å². The third kappa shape index (κ3) is 3.53. The average molecular weight is 223 g/mol. The van der Waals surface area contributed by atoms with Crippen LogP contribution in [0.5, 0.6) is 0 Å². The minimum Gasteiger partial charge on any atom is -0.313 e. The lowest BCUT2D eigenvalue weighted by molar-refractivity contribution is 0.185. The maximum atomic E-state index is 13.8. The number of sulfone groups is 1. The summed E-state index contributed by atoms with van der Waals surface area (Å²) >= 11 is 0. The van der Waals surface area contributed by atoms with E-state index in [-0.39, 0.29) is 17.9 Å². The molecule has 1 aliphatic rings. The van der Waals surface area contributed by atoms with Crippen LogP contribution in [0.1, 0.15) is 26.2 Å². The van der Waals surface area contributed by atoms with Crippen LogP contribution in [0.4, 0.5) is 4.39 Å². The quantitative estimate of drug-likeness (QED) is 0.753. The van der Waals surface area contributed by atoms with Crippen LogP contribution in [0, 0.1) is 0 Å². The first kappa shape index (κ1) is 11.9. The SMILES string of the molecule is CCCS(=O)(=O)CCC1(F)CCNC1. The molecule has 0 aliphatic carbocycles. The third-order valence-electron chi connectivity index (χ3n) is 2.57. The van der Waals surface area contributed by atoms with Gasteiger partial charge < -0.3 is 5.32 Å². The predicted molar refractivity (Wildman–Crippen MR) is 54.9 cm³/mol. The standard InChI is InChI=1S/C9H18FNO2S/c1-2-6-14(12,13)7-4-9(10)3-5-11-8-9/h11H,2-8H2,1H3. The van der Waals surface area contributed by atoms with E-state index in [9.17, 15) is 12.8 Å². The minimum absolute atomic E-state index is 0.0149. The Balaban J connectivity index is 2.39. The summed E-state index contributed by atoms with van der Waals surface area (Å²) in [5.41, 5.74) is -1.29. The van der Waals surface area contributed by atoms with E-state index in [2.05, 4.69) is 5.32 Å². The zero-order valence-electron chi connectivity index (χ0n) is 8.55. The average Bonchev–Trinajstić information content (AvgIpc) is 2.50. The van der Waals surface area contributed by atoms with Gasteiger partial charge in [0.1, 0.15) is 15.5 Å². The second kappa shape index (κ2) is 4.57. The molecule has 0 bridgehead atoms. The van der Waals surface area contributed by atoms with E-state index >= 15 is 0 Å². The van der Waals surface area contributed by atoms with E-state index in [1.807, 2.05) is 6.92 Å². The summed E-state index contributed by atoms with van der Waals surface area (Å²) < 4.78 is 36.4. The summed E-state index contributed by atoms with van der Waals surface area (Å²) in [6.07, 6.45) is 1.19. The Kier molecular flexibility index (Phi) is 3.89.